The van der Waals surface area contributed by atoms with Gasteiger partial charge in [-0.1, -0.05) is 36.4 Å². The molecule has 4 aromatic rings. The average Bonchev–Trinajstić information content (AvgIpc) is 3.19. The van der Waals surface area contributed by atoms with E-state index in [1.165, 1.54) is 45.8 Å². The van der Waals surface area contributed by atoms with E-state index in [2.05, 4.69) is 58.3 Å². The van der Waals surface area contributed by atoms with Gasteiger partial charge in [0, 0.05) is 0 Å². The maximum atomic E-state index is 2.24. The van der Waals surface area contributed by atoms with Gasteiger partial charge in [0.2, 0.25) is 0 Å². The molecule has 4 rings (SSSR count). The largest absolute Gasteiger partial charge is 0.358 e. The van der Waals surface area contributed by atoms with Crippen molar-refractivity contribution in [3.8, 4) is 0 Å². The van der Waals surface area contributed by atoms with Crippen molar-refractivity contribution >= 4 is 25.3 Å². The van der Waals surface area contributed by atoms with Crippen molar-refractivity contribution in [2.24, 2.45) is 0 Å². The summed E-state index contributed by atoms with van der Waals surface area (Å²) in [5, 5.41) is 5.39. The third-order valence-electron chi connectivity index (χ3n) is 3.08. The van der Waals surface area contributed by atoms with Gasteiger partial charge in [-0.15, -0.1) is 39.7 Å². The molecular formula is C22H24Zr-4. The topological polar surface area (TPSA) is 0 Å². The minimum absolute atomic E-state index is 0. The Balaban J connectivity index is 0.000000413. The molecule has 0 radical (unpaired) electrons. The maximum Gasteiger partial charge on any atom is -0.0771 e. The molecular weight excluding hydrogens is 355 g/mol. The Bertz CT molecular complexity index is 708. The van der Waals surface area contributed by atoms with E-state index in [-0.39, 0.29) is 14.9 Å². The summed E-state index contributed by atoms with van der Waals surface area (Å²) in [7, 11) is 0. The zero-order valence-electron chi connectivity index (χ0n) is 14.2. The van der Waals surface area contributed by atoms with Crippen LogP contribution in [0, 0.1) is 14.9 Å². The quantitative estimate of drug-likeness (QED) is 0.311. The molecule has 0 aromatic heterocycles. The van der Waals surface area contributed by atoms with Crippen LogP contribution >= 0.6 is 0 Å². The normalized spacial score (nSPS) is 8.52. The summed E-state index contributed by atoms with van der Waals surface area (Å²) in [5.41, 5.74) is 0. The average molecular weight is 380 g/mol. The van der Waals surface area contributed by atoms with Crippen molar-refractivity contribution in [3.63, 3.8) is 0 Å². The van der Waals surface area contributed by atoms with Crippen LogP contribution in [-0.4, -0.2) is 3.71 Å². The summed E-state index contributed by atoms with van der Waals surface area (Å²) < 4.78 is 2.09. The molecule has 23 heavy (non-hydrogen) atoms. The molecule has 0 nitrogen and oxygen atoms in total. The van der Waals surface area contributed by atoms with Crippen LogP contribution in [0.3, 0.4) is 0 Å². The molecule has 0 amide bonds. The number of fused-ring (bicyclic) bond motifs is 3. The first-order chi connectivity index (χ1) is 10.4. The van der Waals surface area contributed by atoms with Crippen molar-refractivity contribution in [1.29, 1.82) is 0 Å². The van der Waals surface area contributed by atoms with Gasteiger partial charge in [0.05, 0.1) is 0 Å². The predicted molar refractivity (Wildman–Crippen MR) is 104 cm³/mol. The van der Waals surface area contributed by atoms with Crippen molar-refractivity contribution in [3.05, 3.63) is 99.8 Å². The molecule has 0 aliphatic heterocycles. The van der Waals surface area contributed by atoms with Crippen LogP contribution in [-0.2, 0) is 24.2 Å². The molecule has 0 spiro atoms. The van der Waals surface area contributed by atoms with Crippen LogP contribution in [0.4, 0.5) is 0 Å². The third kappa shape index (κ3) is 6.20. The number of benzene rings is 2. The Hall–Kier alpha value is -1.59. The monoisotopic (exact) mass is 378 g/mol. The van der Waals surface area contributed by atoms with Crippen LogP contribution in [0.5, 0.6) is 0 Å². The van der Waals surface area contributed by atoms with E-state index in [1.807, 2.05) is 37.3 Å². The summed E-state index contributed by atoms with van der Waals surface area (Å²) >= 11 is 1.51. The smallest absolute Gasteiger partial charge is 0.0771 e. The fraction of sp³-hybridized carbons (Fsp3) is 0.0455. The van der Waals surface area contributed by atoms with Gasteiger partial charge in [-0.2, -0.15) is 18.2 Å². The molecule has 0 saturated heterocycles. The molecule has 0 aliphatic rings. The number of hydrogen-bond donors (Lipinski definition) is 0. The van der Waals surface area contributed by atoms with Gasteiger partial charge in [-0.25, -0.2) is 12.1 Å². The Labute approximate surface area is 155 Å². The first-order valence-corrected chi connectivity index (χ1v) is 8.43. The molecule has 0 bridgehead atoms. The first-order valence-electron chi connectivity index (χ1n) is 7.01. The minimum Gasteiger partial charge on any atom is -0.358 e. The maximum absolute atomic E-state index is 2.24. The van der Waals surface area contributed by atoms with Crippen molar-refractivity contribution in [1.82, 2.24) is 0 Å². The number of hydrogen-bond acceptors (Lipinski definition) is 0. The SMILES string of the molecule is C[CH]=[Zr].[CH3-].[CH3-].c1cc[cH-]c1.c1ccc2c(c1)[cH-]c1ccccc12. The summed E-state index contributed by atoms with van der Waals surface area (Å²) in [6.45, 7) is 2.04. The van der Waals surface area contributed by atoms with Gasteiger partial charge < -0.3 is 14.9 Å². The van der Waals surface area contributed by atoms with Gasteiger partial charge in [0.25, 0.3) is 0 Å². The predicted octanol–water partition coefficient (Wildman–Crippen LogP) is 6.37. The molecule has 4 aromatic carbocycles. The molecule has 0 aliphatic carbocycles. The van der Waals surface area contributed by atoms with E-state index in [0.717, 1.165) is 0 Å². The van der Waals surface area contributed by atoms with Crippen molar-refractivity contribution < 1.29 is 24.2 Å². The Morgan fingerprint density at radius 3 is 1.48 bits per heavy atom. The Kier molecular flexibility index (Phi) is 11.1. The Morgan fingerprint density at radius 2 is 1.13 bits per heavy atom. The second-order valence-electron chi connectivity index (χ2n) is 4.57. The molecule has 1 heteroatoms. The van der Waals surface area contributed by atoms with Crippen LogP contribution in [0.15, 0.2) is 84.9 Å². The van der Waals surface area contributed by atoms with Gasteiger partial charge in [0.1, 0.15) is 0 Å². The zero-order chi connectivity index (χ0) is 14.9. The van der Waals surface area contributed by atoms with Gasteiger partial charge in [0.15, 0.2) is 0 Å². The van der Waals surface area contributed by atoms with Gasteiger partial charge >= 0.3 is 34.9 Å². The van der Waals surface area contributed by atoms with Crippen LogP contribution in [0.2, 0.25) is 0 Å². The van der Waals surface area contributed by atoms with Crippen LogP contribution in [0.25, 0.3) is 21.5 Å². The number of rotatable bonds is 0. The molecule has 0 atom stereocenters. The molecule has 120 valence electrons. The molecule has 0 N–H and O–H groups in total. The Morgan fingerprint density at radius 1 is 0.739 bits per heavy atom. The third-order valence-corrected chi connectivity index (χ3v) is 3.08. The van der Waals surface area contributed by atoms with Crippen LogP contribution in [0.1, 0.15) is 6.92 Å². The molecule has 0 heterocycles. The van der Waals surface area contributed by atoms with E-state index < -0.39 is 0 Å². The fourth-order valence-electron chi connectivity index (χ4n) is 2.22. The summed E-state index contributed by atoms with van der Waals surface area (Å²) in [6.07, 6.45) is 0. The van der Waals surface area contributed by atoms with E-state index in [9.17, 15) is 0 Å². The molecule has 0 fully saturated rings. The fourth-order valence-corrected chi connectivity index (χ4v) is 2.22. The van der Waals surface area contributed by atoms with E-state index in [4.69, 9.17) is 0 Å². The second kappa shape index (κ2) is 11.9. The first kappa shape index (κ1) is 21.4. The zero-order valence-corrected chi connectivity index (χ0v) is 16.6. The van der Waals surface area contributed by atoms with Crippen molar-refractivity contribution in [2.45, 2.75) is 6.92 Å². The summed E-state index contributed by atoms with van der Waals surface area (Å²) in [4.78, 5) is 0. The van der Waals surface area contributed by atoms with E-state index in [0.29, 0.717) is 0 Å². The van der Waals surface area contributed by atoms with Gasteiger partial charge in [-0.05, 0) is 0 Å². The summed E-state index contributed by atoms with van der Waals surface area (Å²) in [6, 6.07) is 29.3. The van der Waals surface area contributed by atoms with Crippen LogP contribution < -0.4 is 0 Å². The van der Waals surface area contributed by atoms with E-state index >= 15 is 0 Å². The van der Waals surface area contributed by atoms with E-state index in [1.54, 1.807) is 0 Å². The standard InChI is InChI=1S/C13H9.C5H5.C2H4.2CH3.Zr/c1-3-7-12-10(5-1)9-11-6-2-4-8-13(11)12;1-2-4-5-3-1;1-2;;;/h1-9H;1-5H;1H,2H3;2*1H3;/q2*-1;;2*-1;. The van der Waals surface area contributed by atoms with Crippen molar-refractivity contribution in [2.75, 3.05) is 0 Å². The second-order valence-corrected chi connectivity index (χ2v) is 5.99. The summed E-state index contributed by atoms with van der Waals surface area (Å²) in [5.74, 6) is 0. The van der Waals surface area contributed by atoms with Gasteiger partial charge in [-0.3, -0.25) is 0 Å². The molecule has 0 unspecified atom stereocenters. The molecule has 0 saturated carbocycles. The minimum atomic E-state index is 0.